The highest BCUT2D eigenvalue weighted by atomic mass is 19.1. The Bertz CT molecular complexity index is 540. The zero-order valence-corrected chi connectivity index (χ0v) is 10.5. The summed E-state index contributed by atoms with van der Waals surface area (Å²) in [6, 6.07) is 12.1. The minimum absolute atomic E-state index is 0.297. The summed E-state index contributed by atoms with van der Waals surface area (Å²) in [4.78, 5) is 0. The first-order chi connectivity index (χ1) is 8.69. The molecule has 0 heterocycles. The summed E-state index contributed by atoms with van der Waals surface area (Å²) in [7, 11) is 1.88. The van der Waals surface area contributed by atoms with E-state index in [1.165, 1.54) is 17.7 Å². The Kier molecular flexibility index (Phi) is 3.95. The third-order valence-corrected chi connectivity index (χ3v) is 2.61. The molecule has 0 aliphatic rings. The lowest BCUT2D eigenvalue weighted by Crippen LogP contribution is -2.06. The normalized spacial score (nSPS) is 10.4. The van der Waals surface area contributed by atoms with Crippen LogP contribution in [-0.4, -0.2) is 7.05 Å². The maximum atomic E-state index is 13.1. The van der Waals surface area contributed by atoms with Gasteiger partial charge in [0, 0.05) is 18.2 Å². The van der Waals surface area contributed by atoms with E-state index in [9.17, 15) is 4.39 Å². The topological polar surface area (TPSA) is 21.3 Å². The lowest BCUT2D eigenvalue weighted by atomic mass is 10.1. The summed E-state index contributed by atoms with van der Waals surface area (Å²) in [5.74, 6) is 0.964. The second-order valence-corrected chi connectivity index (χ2v) is 4.20. The average Bonchev–Trinajstić information content (AvgIpc) is 2.33. The smallest absolute Gasteiger partial charge is 0.131 e. The van der Waals surface area contributed by atoms with Crippen LogP contribution in [0.4, 0.5) is 4.39 Å². The third-order valence-electron chi connectivity index (χ3n) is 2.61. The summed E-state index contributed by atoms with van der Waals surface area (Å²) in [6.45, 7) is 2.75. The molecule has 0 bridgehead atoms. The van der Waals surface area contributed by atoms with Gasteiger partial charge >= 0.3 is 0 Å². The van der Waals surface area contributed by atoms with Gasteiger partial charge in [-0.15, -0.1) is 0 Å². The molecule has 2 nitrogen and oxygen atoms in total. The SMILES string of the molecule is CNCc1cc(C)ccc1Oc1cccc(F)c1. The summed E-state index contributed by atoms with van der Waals surface area (Å²) in [5.41, 5.74) is 2.23. The van der Waals surface area contributed by atoms with Gasteiger partial charge in [0.2, 0.25) is 0 Å². The van der Waals surface area contributed by atoms with Gasteiger partial charge in [-0.3, -0.25) is 0 Å². The Labute approximate surface area is 106 Å². The lowest BCUT2D eigenvalue weighted by molar-refractivity contribution is 0.469. The molecule has 94 valence electrons. The summed E-state index contributed by atoms with van der Waals surface area (Å²) in [6.07, 6.45) is 0. The van der Waals surface area contributed by atoms with Crippen LogP contribution in [0.15, 0.2) is 42.5 Å². The number of benzene rings is 2. The van der Waals surface area contributed by atoms with E-state index in [0.717, 1.165) is 11.3 Å². The van der Waals surface area contributed by atoms with E-state index < -0.39 is 0 Å². The fraction of sp³-hybridized carbons (Fsp3) is 0.200. The molecule has 0 saturated heterocycles. The molecule has 2 aromatic carbocycles. The molecule has 0 amide bonds. The van der Waals surface area contributed by atoms with Crippen LogP contribution in [0.3, 0.4) is 0 Å². The molecule has 0 aliphatic carbocycles. The molecule has 0 fully saturated rings. The van der Waals surface area contributed by atoms with Gasteiger partial charge in [0.05, 0.1) is 0 Å². The fourth-order valence-corrected chi connectivity index (χ4v) is 1.79. The zero-order valence-electron chi connectivity index (χ0n) is 10.5. The molecular formula is C15H16FNO. The molecule has 18 heavy (non-hydrogen) atoms. The predicted molar refractivity (Wildman–Crippen MR) is 70.4 cm³/mol. The Hall–Kier alpha value is -1.87. The highest BCUT2D eigenvalue weighted by Gasteiger charge is 2.05. The number of rotatable bonds is 4. The van der Waals surface area contributed by atoms with E-state index in [1.54, 1.807) is 12.1 Å². The van der Waals surface area contributed by atoms with Crippen LogP contribution in [0, 0.1) is 12.7 Å². The number of halogens is 1. The zero-order chi connectivity index (χ0) is 13.0. The first kappa shape index (κ1) is 12.6. The molecule has 2 aromatic rings. The van der Waals surface area contributed by atoms with Crippen LogP contribution >= 0.6 is 0 Å². The number of hydrogen-bond donors (Lipinski definition) is 1. The Morgan fingerprint density at radius 2 is 2.00 bits per heavy atom. The molecule has 1 N–H and O–H groups in total. The van der Waals surface area contributed by atoms with Gasteiger partial charge in [-0.05, 0) is 32.2 Å². The van der Waals surface area contributed by atoms with Crippen LogP contribution < -0.4 is 10.1 Å². The summed E-state index contributed by atoms with van der Waals surface area (Å²) in [5, 5.41) is 3.09. The van der Waals surface area contributed by atoms with Crippen molar-refractivity contribution in [3.63, 3.8) is 0 Å². The van der Waals surface area contributed by atoms with Gasteiger partial charge in [0.25, 0.3) is 0 Å². The van der Waals surface area contributed by atoms with Gasteiger partial charge in [-0.2, -0.15) is 0 Å². The van der Waals surface area contributed by atoms with Crippen molar-refractivity contribution in [2.24, 2.45) is 0 Å². The number of ether oxygens (including phenoxy) is 1. The molecule has 0 aliphatic heterocycles. The molecule has 0 unspecified atom stereocenters. The molecule has 3 heteroatoms. The van der Waals surface area contributed by atoms with Crippen LogP contribution in [0.1, 0.15) is 11.1 Å². The standard InChI is InChI=1S/C15H16FNO/c1-11-6-7-15(12(8-11)10-17-2)18-14-5-3-4-13(16)9-14/h3-9,17H,10H2,1-2H3. The van der Waals surface area contributed by atoms with Crippen molar-refractivity contribution >= 4 is 0 Å². The largest absolute Gasteiger partial charge is 0.457 e. The van der Waals surface area contributed by atoms with Gasteiger partial charge in [-0.1, -0.05) is 23.8 Å². The maximum absolute atomic E-state index is 13.1. The Morgan fingerprint density at radius 3 is 2.72 bits per heavy atom. The minimum atomic E-state index is -0.297. The van der Waals surface area contributed by atoms with Crippen molar-refractivity contribution < 1.29 is 9.13 Å². The average molecular weight is 245 g/mol. The highest BCUT2D eigenvalue weighted by molar-refractivity contribution is 5.40. The quantitative estimate of drug-likeness (QED) is 0.887. The molecular weight excluding hydrogens is 229 g/mol. The highest BCUT2D eigenvalue weighted by Crippen LogP contribution is 2.26. The molecule has 0 atom stereocenters. The molecule has 0 spiro atoms. The van der Waals surface area contributed by atoms with Gasteiger partial charge in [0.15, 0.2) is 0 Å². The fourth-order valence-electron chi connectivity index (χ4n) is 1.79. The van der Waals surface area contributed by atoms with Crippen molar-refractivity contribution in [3.05, 3.63) is 59.4 Å². The van der Waals surface area contributed by atoms with Gasteiger partial charge < -0.3 is 10.1 Å². The molecule has 0 radical (unpaired) electrons. The van der Waals surface area contributed by atoms with E-state index in [2.05, 4.69) is 11.4 Å². The maximum Gasteiger partial charge on any atom is 0.131 e. The van der Waals surface area contributed by atoms with E-state index in [0.29, 0.717) is 12.3 Å². The Morgan fingerprint density at radius 1 is 1.17 bits per heavy atom. The number of hydrogen-bond acceptors (Lipinski definition) is 2. The molecule has 0 saturated carbocycles. The first-order valence-electron chi connectivity index (χ1n) is 5.86. The summed E-state index contributed by atoms with van der Waals surface area (Å²) < 4.78 is 18.8. The minimum Gasteiger partial charge on any atom is -0.457 e. The van der Waals surface area contributed by atoms with Gasteiger partial charge in [0.1, 0.15) is 17.3 Å². The van der Waals surface area contributed by atoms with Crippen LogP contribution in [0.5, 0.6) is 11.5 Å². The van der Waals surface area contributed by atoms with Crippen LogP contribution in [0.2, 0.25) is 0 Å². The molecule has 2 rings (SSSR count). The van der Waals surface area contributed by atoms with E-state index in [-0.39, 0.29) is 5.82 Å². The van der Waals surface area contributed by atoms with Crippen molar-refractivity contribution in [2.75, 3.05) is 7.05 Å². The van der Waals surface area contributed by atoms with Crippen molar-refractivity contribution in [2.45, 2.75) is 13.5 Å². The van der Waals surface area contributed by atoms with Crippen LogP contribution in [-0.2, 0) is 6.54 Å². The third kappa shape index (κ3) is 3.08. The van der Waals surface area contributed by atoms with E-state index in [1.807, 2.05) is 26.1 Å². The van der Waals surface area contributed by atoms with E-state index >= 15 is 0 Å². The first-order valence-corrected chi connectivity index (χ1v) is 5.86. The second-order valence-electron chi connectivity index (χ2n) is 4.20. The Balaban J connectivity index is 2.28. The number of nitrogens with one attached hydrogen (secondary N) is 1. The van der Waals surface area contributed by atoms with E-state index in [4.69, 9.17) is 4.74 Å². The lowest BCUT2D eigenvalue weighted by Gasteiger charge is -2.12. The molecule has 0 aromatic heterocycles. The van der Waals surface area contributed by atoms with Gasteiger partial charge in [-0.25, -0.2) is 4.39 Å². The summed E-state index contributed by atoms with van der Waals surface area (Å²) >= 11 is 0. The van der Waals surface area contributed by atoms with Crippen molar-refractivity contribution in [1.29, 1.82) is 0 Å². The monoisotopic (exact) mass is 245 g/mol. The van der Waals surface area contributed by atoms with Crippen LogP contribution in [0.25, 0.3) is 0 Å². The second kappa shape index (κ2) is 5.65. The van der Waals surface area contributed by atoms with Crippen molar-refractivity contribution in [3.8, 4) is 11.5 Å². The number of aryl methyl sites for hydroxylation is 1. The van der Waals surface area contributed by atoms with Crippen molar-refractivity contribution in [1.82, 2.24) is 5.32 Å². The predicted octanol–water partition coefficient (Wildman–Crippen LogP) is 3.65.